The van der Waals surface area contributed by atoms with Crippen molar-refractivity contribution in [3.8, 4) is 6.07 Å². The number of anilines is 1. The molecule has 150 valence electrons. The van der Waals surface area contributed by atoms with Crippen molar-refractivity contribution in [1.82, 2.24) is 20.8 Å². The molecule has 1 saturated heterocycles. The van der Waals surface area contributed by atoms with Crippen LogP contribution in [0.25, 0.3) is 10.9 Å². The number of carbonyl (C=O) groups excluding carboxylic acids is 1. The van der Waals surface area contributed by atoms with Crippen molar-refractivity contribution in [3.05, 3.63) is 57.7 Å². The third kappa shape index (κ3) is 3.34. The first-order valence-electron chi connectivity index (χ1n) is 9.00. The Labute approximate surface area is 167 Å². The van der Waals surface area contributed by atoms with Gasteiger partial charge in [0.1, 0.15) is 17.4 Å². The summed E-state index contributed by atoms with van der Waals surface area (Å²) in [7, 11) is 1.67. The molecule has 0 aliphatic carbocycles. The first-order chi connectivity index (χ1) is 13.5. The average molecular weight is 394 g/mol. The SMILES string of the molecule is Cc1cc(C(=O)N2CCN(c3c(C#N)c(=O)n(C)c4ccccc34)CC2)no1.N. The van der Waals surface area contributed by atoms with Gasteiger partial charge in [-0.2, -0.15) is 5.26 Å². The summed E-state index contributed by atoms with van der Waals surface area (Å²) in [6.45, 7) is 3.73. The fraction of sp³-hybridized carbons (Fsp3) is 0.300. The predicted molar refractivity (Wildman–Crippen MR) is 108 cm³/mol. The molecular weight excluding hydrogens is 372 g/mol. The maximum absolute atomic E-state index is 12.7. The highest BCUT2D eigenvalue weighted by Crippen LogP contribution is 2.29. The summed E-state index contributed by atoms with van der Waals surface area (Å²) < 4.78 is 6.49. The molecule has 1 amide bonds. The van der Waals surface area contributed by atoms with Crippen molar-refractivity contribution in [2.75, 3.05) is 31.1 Å². The number of aromatic nitrogens is 2. The fourth-order valence-electron chi connectivity index (χ4n) is 3.67. The van der Waals surface area contributed by atoms with Crippen molar-refractivity contribution in [1.29, 1.82) is 5.26 Å². The summed E-state index contributed by atoms with van der Waals surface area (Å²) in [5, 5.41) is 14.3. The van der Waals surface area contributed by atoms with Crippen LogP contribution in [0.2, 0.25) is 0 Å². The van der Waals surface area contributed by atoms with E-state index in [2.05, 4.69) is 11.2 Å². The molecule has 9 nitrogen and oxygen atoms in total. The van der Waals surface area contributed by atoms with E-state index in [0.29, 0.717) is 43.3 Å². The predicted octanol–water partition coefficient (Wildman–Crippen LogP) is 1.83. The molecule has 9 heteroatoms. The second kappa shape index (κ2) is 7.77. The van der Waals surface area contributed by atoms with E-state index in [4.69, 9.17) is 4.52 Å². The van der Waals surface area contributed by atoms with Crippen LogP contribution in [0, 0.1) is 18.3 Å². The van der Waals surface area contributed by atoms with E-state index in [1.54, 1.807) is 24.9 Å². The average Bonchev–Trinajstić information content (AvgIpc) is 3.16. The molecule has 0 saturated carbocycles. The van der Waals surface area contributed by atoms with Crippen molar-refractivity contribution < 1.29 is 9.32 Å². The van der Waals surface area contributed by atoms with Gasteiger partial charge in [0.05, 0.1) is 11.2 Å². The molecule has 3 heterocycles. The molecule has 1 aliphatic rings. The van der Waals surface area contributed by atoms with Gasteiger partial charge in [-0.05, 0) is 13.0 Å². The zero-order valence-corrected chi connectivity index (χ0v) is 16.4. The Kier molecular flexibility index (Phi) is 5.39. The van der Waals surface area contributed by atoms with Gasteiger partial charge in [0.25, 0.3) is 11.5 Å². The van der Waals surface area contributed by atoms with E-state index < -0.39 is 0 Å². The van der Waals surface area contributed by atoms with Crippen molar-refractivity contribution >= 4 is 22.5 Å². The number of fused-ring (bicyclic) bond motifs is 1. The molecule has 2 aromatic heterocycles. The van der Waals surface area contributed by atoms with Crippen LogP contribution in [-0.4, -0.2) is 46.7 Å². The summed E-state index contributed by atoms with van der Waals surface area (Å²) in [5.74, 6) is 0.415. The topological polar surface area (TPSA) is 130 Å². The van der Waals surface area contributed by atoms with Crippen LogP contribution in [0.3, 0.4) is 0 Å². The van der Waals surface area contributed by atoms with E-state index in [-0.39, 0.29) is 23.2 Å². The number of carbonyl (C=O) groups is 1. The second-order valence-electron chi connectivity index (χ2n) is 6.82. The Balaban J connectivity index is 0.00000240. The largest absolute Gasteiger partial charge is 0.366 e. The van der Waals surface area contributed by atoms with Gasteiger partial charge in [0.15, 0.2) is 5.69 Å². The smallest absolute Gasteiger partial charge is 0.276 e. The lowest BCUT2D eigenvalue weighted by Gasteiger charge is -2.36. The summed E-state index contributed by atoms with van der Waals surface area (Å²) in [6, 6.07) is 11.2. The van der Waals surface area contributed by atoms with Crippen LogP contribution in [0.1, 0.15) is 21.8 Å². The number of hydrogen-bond acceptors (Lipinski definition) is 7. The number of aryl methyl sites for hydroxylation is 2. The Morgan fingerprint density at radius 2 is 1.90 bits per heavy atom. The van der Waals surface area contributed by atoms with Crippen LogP contribution >= 0.6 is 0 Å². The van der Waals surface area contributed by atoms with Gasteiger partial charge in [-0.3, -0.25) is 9.59 Å². The van der Waals surface area contributed by atoms with Gasteiger partial charge in [0, 0.05) is 44.7 Å². The molecule has 4 rings (SSSR count). The summed E-state index contributed by atoms with van der Waals surface area (Å²) in [4.78, 5) is 29.0. The van der Waals surface area contributed by atoms with Gasteiger partial charge in [-0.25, -0.2) is 0 Å². The molecule has 1 fully saturated rings. The van der Waals surface area contributed by atoms with Crippen LogP contribution in [0.5, 0.6) is 0 Å². The van der Waals surface area contributed by atoms with Crippen LogP contribution in [-0.2, 0) is 7.05 Å². The van der Waals surface area contributed by atoms with E-state index in [9.17, 15) is 14.9 Å². The Morgan fingerprint density at radius 1 is 1.21 bits per heavy atom. The monoisotopic (exact) mass is 394 g/mol. The zero-order valence-electron chi connectivity index (χ0n) is 16.4. The van der Waals surface area contributed by atoms with Crippen molar-refractivity contribution in [3.63, 3.8) is 0 Å². The molecule has 0 atom stereocenters. The van der Waals surface area contributed by atoms with Crippen molar-refractivity contribution in [2.45, 2.75) is 6.92 Å². The molecule has 1 aliphatic heterocycles. The van der Waals surface area contributed by atoms with E-state index in [1.165, 1.54) is 4.57 Å². The van der Waals surface area contributed by atoms with Gasteiger partial charge in [0.2, 0.25) is 0 Å². The standard InChI is InChI=1S/C20H19N5O3.H3N/c1-13-11-16(22-28-13)20(27)25-9-7-24(8-10-25)18-14-5-3-4-6-17(14)23(2)19(26)15(18)12-21;/h3-6,11H,7-10H2,1-2H3;1H3. The number of nitrogens with zero attached hydrogens (tertiary/aromatic N) is 5. The van der Waals surface area contributed by atoms with Gasteiger partial charge < -0.3 is 25.0 Å². The summed E-state index contributed by atoms with van der Waals surface area (Å²) in [6.07, 6.45) is 0. The number of hydrogen-bond donors (Lipinski definition) is 1. The first kappa shape index (κ1) is 20.1. The van der Waals surface area contributed by atoms with E-state index in [1.807, 2.05) is 29.2 Å². The molecule has 3 N–H and O–H groups in total. The molecule has 0 bridgehead atoms. The first-order valence-corrected chi connectivity index (χ1v) is 9.00. The molecular formula is C20H22N6O3. The molecule has 0 radical (unpaired) electrons. The maximum atomic E-state index is 12.7. The highest BCUT2D eigenvalue weighted by molar-refractivity contribution is 5.95. The van der Waals surface area contributed by atoms with Crippen LogP contribution < -0.4 is 16.6 Å². The lowest BCUT2D eigenvalue weighted by atomic mass is 10.1. The third-order valence-corrected chi connectivity index (χ3v) is 5.12. The normalized spacial score (nSPS) is 13.8. The summed E-state index contributed by atoms with van der Waals surface area (Å²) >= 11 is 0. The molecule has 0 spiro atoms. The number of rotatable bonds is 2. The zero-order chi connectivity index (χ0) is 19.8. The van der Waals surface area contributed by atoms with Crippen molar-refractivity contribution in [2.24, 2.45) is 7.05 Å². The van der Waals surface area contributed by atoms with E-state index in [0.717, 1.165) is 10.9 Å². The van der Waals surface area contributed by atoms with Crippen LogP contribution in [0.4, 0.5) is 5.69 Å². The summed E-state index contributed by atoms with van der Waals surface area (Å²) in [5.41, 5.74) is 1.53. The van der Waals surface area contributed by atoms with Gasteiger partial charge in [-0.1, -0.05) is 23.4 Å². The molecule has 1 aromatic carbocycles. The second-order valence-corrected chi connectivity index (χ2v) is 6.82. The Morgan fingerprint density at radius 3 is 2.52 bits per heavy atom. The lowest BCUT2D eigenvalue weighted by molar-refractivity contribution is 0.0736. The number of para-hydroxylation sites is 1. The van der Waals surface area contributed by atoms with E-state index >= 15 is 0 Å². The Bertz CT molecular complexity index is 1170. The van der Waals surface area contributed by atoms with Crippen LogP contribution in [0.15, 0.2) is 39.6 Å². The molecule has 29 heavy (non-hydrogen) atoms. The number of benzene rings is 1. The third-order valence-electron chi connectivity index (χ3n) is 5.12. The lowest BCUT2D eigenvalue weighted by Crippen LogP contribution is -2.49. The minimum Gasteiger partial charge on any atom is -0.366 e. The minimum absolute atomic E-state index is 0. The van der Waals surface area contributed by atoms with Gasteiger partial charge in [-0.15, -0.1) is 0 Å². The quantitative estimate of drug-likeness (QED) is 0.701. The highest BCUT2D eigenvalue weighted by atomic mass is 16.5. The minimum atomic E-state index is -0.312. The number of nitriles is 1. The number of amides is 1. The molecule has 3 aromatic rings. The Hall–Kier alpha value is -3.64. The maximum Gasteiger partial charge on any atom is 0.276 e. The molecule has 0 unspecified atom stereocenters. The number of piperazine rings is 1. The number of pyridine rings is 1. The fourth-order valence-corrected chi connectivity index (χ4v) is 3.67. The van der Waals surface area contributed by atoms with Gasteiger partial charge >= 0.3 is 0 Å². The highest BCUT2D eigenvalue weighted by Gasteiger charge is 2.27.